The first-order valence-corrected chi connectivity index (χ1v) is 6.42. The summed E-state index contributed by atoms with van der Waals surface area (Å²) in [6.07, 6.45) is 1.06. The summed E-state index contributed by atoms with van der Waals surface area (Å²) in [5.41, 5.74) is 11.2. The molecule has 0 aliphatic carbocycles. The Bertz CT molecular complexity index is 371. The maximum atomic E-state index is 5.61. The molecule has 2 heteroatoms. The Morgan fingerprint density at radius 2 is 1.71 bits per heavy atom. The molecule has 2 N–H and O–H groups in total. The molecular weight excluding hydrogens is 208 g/mol. The topological polar surface area (TPSA) is 29.3 Å². The minimum absolute atomic E-state index is 0.543. The Hall–Kier alpha value is -0.860. The highest BCUT2D eigenvalue weighted by Gasteiger charge is 2.10. The Balaban J connectivity index is 2.77. The second kappa shape index (κ2) is 6.18. The number of nitrogens with zero attached hydrogens (tertiary/aromatic N) is 1. The Labute approximate surface area is 106 Å². The summed E-state index contributed by atoms with van der Waals surface area (Å²) in [6.45, 7) is 10.6. The lowest BCUT2D eigenvalue weighted by Crippen LogP contribution is -2.30. The Morgan fingerprint density at radius 1 is 1.12 bits per heavy atom. The van der Waals surface area contributed by atoms with Crippen LogP contribution in [0.4, 0.5) is 0 Å². The first-order chi connectivity index (χ1) is 7.95. The van der Waals surface area contributed by atoms with Gasteiger partial charge in [-0.15, -0.1) is 0 Å². The smallest absolute Gasteiger partial charge is 0.0236 e. The monoisotopic (exact) mass is 234 g/mol. The Morgan fingerprint density at radius 3 is 2.29 bits per heavy atom. The zero-order valence-corrected chi connectivity index (χ0v) is 11.9. The molecule has 0 amide bonds. The molecule has 2 nitrogen and oxygen atoms in total. The predicted octanol–water partition coefficient (Wildman–Crippen LogP) is 2.78. The fourth-order valence-corrected chi connectivity index (χ4v) is 2.08. The number of benzene rings is 1. The zero-order valence-electron chi connectivity index (χ0n) is 11.9. The van der Waals surface area contributed by atoms with Crippen molar-refractivity contribution in [3.05, 3.63) is 34.4 Å². The predicted molar refractivity (Wildman–Crippen MR) is 75.3 cm³/mol. The number of aryl methyl sites for hydroxylation is 3. The second-order valence-corrected chi connectivity index (χ2v) is 5.20. The molecule has 0 fully saturated rings. The van der Waals surface area contributed by atoms with Crippen LogP contribution >= 0.6 is 0 Å². The maximum Gasteiger partial charge on any atom is 0.0236 e. The van der Waals surface area contributed by atoms with Crippen molar-refractivity contribution in [2.45, 2.75) is 46.7 Å². The van der Waals surface area contributed by atoms with Gasteiger partial charge >= 0.3 is 0 Å². The lowest BCUT2D eigenvalue weighted by molar-refractivity contribution is 0.240. The first-order valence-electron chi connectivity index (χ1n) is 6.42. The third kappa shape index (κ3) is 3.83. The van der Waals surface area contributed by atoms with Crippen molar-refractivity contribution in [2.75, 3.05) is 13.6 Å². The van der Waals surface area contributed by atoms with Gasteiger partial charge in [0.1, 0.15) is 0 Å². The van der Waals surface area contributed by atoms with E-state index < -0.39 is 0 Å². The van der Waals surface area contributed by atoms with Crippen LogP contribution in [0.25, 0.3) is 0 Å². The Kier molecular flexibility index (Phi) is 5.16. The van der Waals surface area contributed by atoms with Crippen LogP contribution in [-0.2, 0) is 6.54 Å². The van der Waals surface area contributed by atoms with E-state index in [1.807, 2.05) is 0 Å². The molecule has 0 aliphatic rings. The molecule has 1 rings (SSSR count). The van der Waals surface area contributed by atoms with Gasteiger partial charge in [-0.1, -0.05) is 12.1 Å². The number of rotatable bonds is 5. The molecule has 0 saturated carbocycles. The molecule has 96 valence electrons. The van der Waals surface area contributed by atoms with E-state index in [0.717, 1.165) is 19.5 Å². The van der Waals surface area contributed by atoms with Gasteiger partial charge in [-0.25, -0.2) is 0 Å². The van der Waals surface area contributed by atoms with Crippen molar-refractivity contribution in [2.24, 2.45) is 5.73 Å². The lowest BCUT2D eigenvalue weighted by Gasteiger charge is -2.25. The van der Waals surface area contributed by atoms with E-state index >= 15 is 0 Å². The first kappa shape index (κ1) is 14.2. The van der Waals surface area contributed by atoms with Gasteiger partial charge in [0.15, 0.2) is 0 Å². The van der Waals surface area contributed by atoms with E-state index in [9.17, 15) is 0 Å². The van der Waals surface area contributed by atoms with E-state index in [4.69, 9.17) is 5.73 Å². The standard InChI is InChI=1S/C15H26N2/c1-11-8-13(3)15(9-12(11)2)10-17(5)14(4)6-7-16/h8-9,14H,6-7,10,16H2,1-5H3. The summed E-state index contributed by atoms with van der Waals surface area (Å²) >= 11 is 0. The lowest BCUT2D eigenvalue weighted by atomic mass is 10.00. The molecule has 0 spiro atoms. The molecule has 0 saturated heterocycles. The van der Waals surface area contributed by atoms with Gasteiger partial charge in [-0.05, 0) is 70.0 Å². The SMILES string of the molecule is Cc1cc(C)c(CN(C)C(C)CCN)cc1C. The molecular formula is C15H26N2. The van der Waals surface area contributed by atoms with E-state index in [0.29, 0.717) is 6.04 Å². The van der Waals surface area contributed by atoms with Crippen LogP contribution in [0.2, 0.25) is 0 Å². The highest BCUT2D eigenvalue weighted by atomic mass is 15.1. The van der Waals surface area contributed by atoms with E-state index in [1.165, 1.54) is 22.3 Å². The van der Waals surface area contributed by atoms with Gasteiger partial charge in [0.05, 0.1) is 0 Å². The molecule has 0 bridgehead atoms. The number of hydrogen-bond donors (Lipinski definition) is 1. The minimum Gasteiger partial charge on any atom is -0.330 e. The largest absolute Gasteiger partial charge is 0.330 e. The van der Waals surface area contributed by atoms with Gasteiger partial charge in [0.2, 0.25) is 0 Å². The van der Waals surface area contributed by atoms with Crippen LogP contribution in [0.15, 0.2) is 12.1 Å². The minimum atomic E-state index is 0.543. The third-order valence-electron chi connectivity index (χ3n) is 3.71. The van der Waals surface area contributed by atoms with Crippen LogP contribution in [0.5, 0.6) is 0 Å². The summed E-state index contributed by atoms with van der Waals surface area (Å²) in [4.78, 5) is 2.38. The second-order valence-electron chi connectivity index (χ2n) is 5.20. The molecule has 0 aromatic heterocycles. The summed E-state index contributed by atoms with van der Waals surface area (Å²) < 4.78 is 0. The van der Waals surface area contributed by atoms with Gasteiger partial charge in [0.25, 0.3) is 0 Å². The van der Waals surface area contributed by atoms with Crippen LogP contribution in [0.3, 0.4) is 0 Å². The van der Waals surface area contributed by atoms with Gasteiger partial charge in [-0.3, -0.25) is 4.90 Å². The fourth-order valence-electron chi connectivity index (χ4n) is 2.08. The van der Waals surface area contributed by atoms with Crippen LogP contribution in [0, 0.1) is 20.8 Å². The van der Waals surface area contributed by atoms with Crippen molar-refractivity contribution < 1.29 is 0 Å². The highest BCUT2D eigenvalue weighted by Crippen LogP contribution is 2.17. The highest BCUT2D eigenvalue weighted by molar-refractivity contribution is 5.36. The average Bonchev–Trinajstić information content (AvgIpc) is 2.26. The van der Waals surface area contributed by atoms with Crippen molar-refractivity contribution >= 4 is 0 Å². The normalized spacial score (nSPS) is 13.1. The molecule has 0 heterocycles. The summed E-state index contributed by atoms with van der Waals surface area (Å²) in [6, 6.07) is 5.14. The summed E-state index contributed by atoms with van der Waals surface area (Å²) in [5.74, 6) is 0. The molecule has 1 aromatic carbocycles. The van der Waals surface area contributed by atoms with E-state index in [2.05, 4.69) is 51.8 Å². The molecule has 1 unspecified atom stereocenters. The fraction of sp³-hybridized carbons (Fsp3) is 0.600. The molecule has 1 atom stereocenters. The van der Waals surface area contributed by atoms with Gasteiger partial charge < -0.3 is 5.73 Å². The van der Waals surface area contributed by atoms with Crippen molar-refractivity contribution in [3.63, 3.8) is 0 Å². The van der Waals surface area contributed by atoms with Gasteiger partial charge in [0, 0.05) is 12.6 Å². The number of hydrogen-bond acceptors (Lipinski definition) is 2. The zero-order chi connectivity index (χ0) is 13.0. The summed E-state index contributed by atoms with van der Waals surface area (Å²) in [5, 5.41) is 0. The maximum absolute atomic E-state index is 5.61. The van der Waals surface area contributed by atoms with E-state index in [-0.39, 0.29) is 0 Å². The number of nitrogens with two attached hydrogens (primary N) is 1. The average molecular weight is 234 g/mol. The van der Waals surface area contributed by atoms with Crippen LogP contribution in [0.1, 0.15) is 35.6 Å². The molecule has 0 radical (unpaired) electrons. The van der Waals surface area contributed by atoms with Gasteiger partial charge in [-0.2, -0.15) is 0 Å². The molecule has 0 aliphatic heterocycles. The van der Waals surface area contributed by atoms with Crippen molar-refractivity contribution in [1.82, 2.24) is 4.90 Å². The quantitative estimate of drug-likeness (QED) is 0.849. The molecule has 17 heavy (non-hydrogen) atoms. The summed E-state index contributed by atoms with van der Waals surface area (Å²) in [7, 11) is 2.18. The molecule has 1 aromatic rings. The van der Waals surface area contributed by atoms with E-state index in [1.54, 1.807) is 0 Å². The van der Waals surface area contributed by atoms with Crippen LogP contribution < -0.4 is 5.73 Å². The van der Waals surface area contributed by atoms with Crippen molar-refractivity contribution in [3.8, 4) is 0 Å². The third-order valence-corrected chi connectivity index (χ3v) is 3.71. The van der Waals surface area contributed by atoms with Crippen molar-refractivity contribution in [1.29, 1.82) is 0 Å². The van der Waals surface area contributed by atoms with Crippen LogP contribution in [-0.4, -0.2) is 24.5 Å².